The molecule has 1 saturated heterocycles. The second kappa shape index (κ2) is 9.33. The van der Waals surface area contributed by atoms with Crippen molar-refractivity contribution in [2.24, 2.45) is 0 Å². The van der Waals surface area contributed by atoms with E-state index in [4.69, 9.17) is 4.74 Å². The molecule has 5 heteroatoms. The first kappa shape index (κ1) is 18.3. The van der Waals surface area contributed by atoms with Crippen LogP contribution in [0.3, 0.4) is 0 Å². The van der Waals surface area contributed by atoms with E-state index in [9.17, 15) is 9.50 Å². The Hall–Kier alpha value is -1.01. The van der Waals surface area contributed by atoms with Gasteiger partial charge in [0.15, 0.2) is 0 Å². The number of halogens is 1. The van der Waals surface area contributed by atoms with Gasteiger partial charge >= 0.3 is 0 Å². The quantitative estimate of drug-likeness (QED) is 0.833. The minimum Gasteiger partial charge on any atom is -0.389 e. The molecule has 1 aliphatic rings. The molecule has 0 aromatic heterocycles. The summed E-state index contributed by atoms with van der Waals surface area (Å²) in [6, 6.07) is 6.74. The highest BCUT2D eigenvalue weighted by Gasteiger charge is 2.18. The van der Waals surface area contributed by atoms with Crippen molar-refractivity contribution in [3.8, 4) is 0 Å². The van der Waals surface area contributed by atoms with Crippen LogP contribution in [0.15, 0.2) is 24.3 Å². The van der Waals surface area contributed by atoms with Crippen LogP contribution in [0, 0.1) is 5.82 Å². The molecule has 0 amide bonds. The maximum Gasteiger partial charge on any atom is 0.123 e. The fourth-order valence-corrected chi connectivity index (χ4v) is 2.87. The maximum atomic E-state index is 13.0. The second-order valence-electron chi connectivity index (χ2n) is 6.59. The maximum absolute atomic E-state index is 13.0. The van der Waals surface area contributed by atoms with Crippen molar-refractivity contribution in [2.75, 3.05) is 39.3 Å². The number of ether oxygens (including phenoxy) is 1. The first-order valence-electron chi connectivity index (χ1n) is 8.52. The molecule has 1 fully saturated rings. The fourth-order valence-electron chi connectivity index (χ4n) is 2.87. The smallest absolute Gasteiger partial charge is 0.123 e. The Morgan fingerprint density at radius 3 is 2.43 bits per heavy atom. The third-order valence-electron chi connectivity index (χ3n) is 4.09. The number of aliphatic hydroxyl groups is 1. The van der Waals surface area contributed by atoms with Gasteiger partial charge < -0.3 is 9.84 Å². The number of nitrogens with zero attached hydrogens (tertiary/aromatic N) is 2. The number of benzene rings is 1. The lowest BCUT2D eigenvalue weighted by molar-refractivity contribution is -0.00799. The Bertz CT molecular complexity index is 453. The molecule has 0 bridgehead atoms. The SMILES string of the molecule is CC(C)OCC(O)CN1CCCN(Cc2ccc(F)cc2)CC1. The molecular weight excluding hydrogens is 295 g/mol. The molecule has 1 N–H and O–H groups in total. The van der Waals surface area contributed by atoms with Crippen molar-refractivity contribution in [3.63, 3.8) is 0 Å². The predicted molar refractivity (Wildman–Crippen MR) is 89.8 cm³/mol. The summed E-state index contributed by atoms with van der Waals surface area (Å²) in [6.07, 6.45) is 0.805. The first-order chi connectivity index (χ1) is 11.0. The zero-order chi connectivity index (χ0) is 16.7. The van der Waals surface area contributed by atoms with Gasteiger partial charge in [-0.25, -0.2) is 4.39 Å². The lowest BCUT2D eigenvalue weighted by Gasteiger charge is -2.24. The van der Waals surface area contributed by atoms with Crippen LogP contribution >= 0.6 is 0 Å². The Labute approximate surface area is 138 Å². The molecule has 1 aromatic rings. The van der Waals surface area contributed by atoms with E-state index in [-0.39, 0.29) is 11.9 Å². The molecule has 1 unspecified atom stereocenters. The summed E-state index contributed by atoms with van der Waals surface area (Å²) in [4.78, 5) is 4.70. The van der Waals surface area contributed by atoms with Gasteiger partial charge in [-0.2, -0.15) is 0 Å². The summed E-state index contributed by atoms with van der Waals surface area (Å²) in [5.74, 6) is -0.187. The summed E-state index contributed by atoms with van der Waals surface area (Å²) < 4.78 is 18.4. The molecule has 0 spiro atoms. The molecule has 0 radical (unpaired) electrons. The Kier molecular flexibility index (Phi) is 7.43. The summed E-state index contributed by atoms with van der Waals surface area (Å²) in [5, 5.41) is 10.1. The van der Waals surface area contributed by atoms with Crippen molar-refractivity contribution in [1.29, 1.82) is 0 Å². The standard InChI is InChI=1S/C18H29FN2O2/c1-15(2)23-14-18(22)13-21-9-3-8-20(10-11-21)12-16-4-6-17(19)7-5-16/h4-7,15,18,22H,3,8-14H2,1-2H3. The number of β-amino-alcohol motifs (C(OH)–C–C–N with tert-alkyl or cyclic N) is 1. The normalized spacial score (nSPS) is 19.0. The van der Waals surface area contributed by atoms with Gasteiger partial charge in [-0.3, -0.25) is 9.80 Å². The highest BCUT2D eigenvalue weighted by Crippen LogP contribution is 2.10. The molecule has 4 nitrogen and oxygen atoms in total. The summed E-state index contributed by atoms with van der Waals surface area (Å²) >= 11 is 0. The van der Waals surface area contributed by atoms with E-state index in [1.165, 1.54) is 12.1 Å². The van der Waals surface area contributed by atoms with Crippen molar-refractivity contribution >= 4 is 0 Å². The molecule has 0 saturated carbocycles. The topological polar surface area (TPSA) is 35.9 Å². The Morgan fingerprint density at radius 2 is 1.74 bits per heavy atom. The molecule has 23 heavy (non-hydrogen) atoms. The van der Waals surface area contributed by atoms with E-state index < -0.39 is 6.10 Å². The van der Waals surface area contributed by atoms with Crippen LogP contribution in [0.1, 0.15) is 25.8 Å². The van der Waals surface area contributed by atoms with Gasteiger partial charge in [0.05, 0.1) is 18.8 Å². The first-order valence-corrected chi connectivity index (χ1v) is 8.52. The zero-order valence-electron chi connectivity index (χ0n) is 14.2. The lowest BCUT2D eigenvalue weighted by atomic mass is 10.2. The Balaban J connectivity index is 1.74. The third-order valence-corrected chi connectivity index (χ3v) is 4.09. The van der Waals surface area contributed by atoms with Gasteiger partial charge in [-0.1, -0.05) is 12.1 Å². The summed E-state index contributed by atoms with van der Waals surface area (Å²) in [6.45, 7) is 9.82. The second-order valence-corrected chi connectivity index (χ2v) is 6.59. The molecular formula is C18H29FN2O2. The third kappa shape index (κ3) is 6.96. The molecule has 1 aliphatic heterocycles. The Morgan fingerprint density at radius 1 is 1.09 bits per heavy atom. The van der Waals surface area contributed by atoms with Gasteiger partial charge in [0.25, 0.3) is 0 Å². The van der Waals surface area contributed by atoms with E-state index in [0.717, 1.165) is 44.7 Å². The van der Waals surface area contributed by atoms with Crippen LogP contribution in [0.25, 0.3) is 0 Å². The zero-order valence-corrected chi connectivity index (χ0v) is 14.2. The lowest BCUT2D eigenvalue weighted by Crippen LogP contribution is -2.38. The van der Waals surface area contributed by atoms with Crippen LogP contribution in [0.5, 0.6) is 0 Å². The molecule has 0 aliphatic carbocycles. The fraction of sp³-hybridized carbons (Fsp3) is 0.667. The van der Waals surface area contributed by atoms with Gasteiger partial charge in [0.1, 0.15) is 5.82 Å². The summed E-state index contributed by atoms with van der Waals surface area (Å²) in [5.41, 5.74) is 1.14. The van der Waals surface area contributed by atoms with Crippen molar-refractivity contribution in [1.82, 2.24) is 9.80 Å². The van der Waals surface area contributed by atoms with Crippen LogP contribution in [0.2, 0.25) is 0 Å². The van der Waals surface area contributed by atoms with Crippen LogP contribution < -0.4 is 0 Å². The van der Waals surface area contributed by atoms with Crippen molar-refractivity contribution in [3.05, 3.63) is 35.6 Å². The highest BCUT2D eigenvalue weighted by molar-refractivity contribution is 5.15. The van der Waals surface area contributed by atoms with Crippen LogP contribution in [-0.2, 0) is 11.3 Å². The van der Waals surface area contributed by atoms with Gasteiger partial charge in [0.2, 0.25) is 0 Å². The predicted octanol–water partition coefficient (Wildman–Crippen LogP) is 2.12. The van der Waals surface area contributed by atoms with E-state index >= 15 is 0 Å². The highest BCUT2D eigenvalue weighted by atomic mass is 19.1. The average Bonchev–Trinajstić information content (AvgIpc) is 2.73. The molecule has 1 aromatic carbocycles. The molecule has 1 atom stereocenters. The van der Waals surface area contributed by atoms with E-state index in [2.05, 4.69) is 9.80 Å². The van der Waals surface area contributed by atoms with Gasteiger partial charge in [-0.15, -0.1) is 0 Å². The number of hydrogen-bond donors (Lipinski definition) is 1. The number of hydrogen-bond acceptors (Lipinski definition) is 4. The van der Waals surface area contributed by atoms with Crippen molar-refractivity contribution in [2.45, 2.75) is 39.0 Å². The molecule has 1 heterocycles. The molecule has 2 rings (SSSR count). The number of rotatable bonds is 7. The molecule has 130 valence electrons. The van der Waals surface area contributed by atoms with E-state index in [0.29, 0.717) is 13.2 Å². The van der Waals surface area contributed by atoms with Gasteiger partial charge in [0, 0.05) is 26.2 Å². The van der Waals surface area contributed by atoms with Crippen LogP contribution in [0.4, 0.5) is 4.39 Å². The average molecular weight is 324 g/mol. The van der Waals surface area contributed by atoms with E-state index in [1.807, 2.05) is 26.0 Å². The monoisotopic (exact) mass is 324 g/mol. The minimum absolute atomic E-state index is 0.153. The van der Waals surface area contributed by atoms with Gasteiger partial charge in [-0.05, 0) is 51.1 Å². The minimum atomic E-state index is -0.430. The summed E-state index contributed by atoms with van der Waals surface area (Å²) in [7, 11) is 0. The van der Waals surface area contributed by atoms with E-state index in [1.54, 1.807) is 0 Å². The van der Waals surface area contributed by atoms with Crippen molar-refractivity contribution < 1.29 is 14.2 Å². The van der Waals surface area contributed by atoms with Crippen LogP contribution in [-0.4, -0.2) is 66.4 Å². The largest absolute Gasteiger partial charge is 0.389 e. The number of aliphatic hydroxyl groups excluding tert-OH is 1.